The van der Waals surface area contributed by atoms with E-state index in [1.165, 1.54) is 15.6 Å². The quantitative estimate of drug-likeness (QED) is 0.739. The molecule has 1 aliphatic rings. The molecule has 0 saturated carbocycles. The van der Waals surface area contributed by atoms with Crippen molar-refractivity contribution >= 4 is 21.4 Å². The third kappa shape index (κ3) is 1.50. The molecule has 1 aromatic carbocycles. The van der Waals surface area contributed by atoms with Crippen molar-refractivity contribution in [1.29, 1.82) is 0 Å². The van der Waals surface area contributed by atoms with E-state index in [1.807, 2.05) is 6.20 Å². The summed E-state index contributed by atoms with van der Waals surface area (Å²) in [5.41, 5.74) is 2.40. The predicted octanol–water partition coefficient (Wildman–Crippen LogP) is 2.98. The van der Waals surface area contributed by atoms with Crippen LogP contribution < -0.4 is 5.32 Å². The maximum atomic E-state index is 4.51. The maximum Gasteiger partial charge on any atom is 0.112 e. The Morgan fingerprint density at radius 2 is 2.11 bits per heavy atom. The molecule has 0 atom stereocenters. The SMILES string of the molecule is c1ccc2c(-c3cnc(C4CNC4)[nH]3)csc2c1. The number of hydrogen-bond acceptors (Lipinski definition) is 3. The van der Waals surface area contributed by atoms with Gasteiger partial charge in [-0.05, 0) is 6.07 Å². The number of nitrogens with zero attached hydrogens (tertiary/aromatic N) is 1. The second kappa shape index (κ2) is 3.93. The molecular weight excluding hydrogens is 242 g/mol. The number of aromatic amines is 1. The van der Waals surface area contributed by atoms with Crippen molar-refractivity contribution in [2.75, 3.05) is 13.1 Å². The summed E-state index contributed by atoms with van der Waals surface area (Å²) in [5, 5.41) is 6.79. The molecule has 3 aromatic rings. The van der Waals surface area contributed by atoms with Crippen LogP contribution in [0.15, 0.2) is 35.8 Å². The molecule has 0 aliphatic carbocycles. The van der Waals surface area contributed by atoms with Gasteiger partial charge in [-0.25, -0.2) is 4.98 Å². The molecule has 2 N–H and O–H groups in total. The van der Waals surface area contributed by atoms with Gasteiger partial charge >= 0.3 is 0 Å². The van der Waals surface area contributed by atoms with E-state index >= 15 is 0 Å². The Hall–Kier alpha value is -1.65. The summed E-state index contributed by atoms with van der Waals surface area (Å²) in [7, 11) is 0. The average molecular weight is 255 g/mol. The molecule has 3 nitrogen and oxygen atoms in total. The number of thiophene rings is 1. The molecule has 90 valence electrons. The van der Waals surface area contributed by atoms with E-state index in [-0.39, 0.29) is 0 Å². The van der Waals surface area contributed by atoms with Gasteiger partial charge in [0.25, 0.3) is 0 Å². The summed E-state index contributed by atoms with van der Waals surface area (Å²) >= 11 is 1.79. The maximum absolute atomic E-state index is 4.51. The van der Waals surface area contributed by atoms with E-state index < -0.39 is 0 Å². The minimum Gasteiger partial charge on any atom is -0.342 e. The van der Waals surface area contributed by atoms with Gasteiger partial charge in [-0.2, -0.15) is 0 Å². The lowest BCUT2D eigenvalue weighted by molar-refractivity contribution is 0.433. The fraction of sp³-hybridized carbons (Fsp3) is 0.214. The molecule has 2 aromatic heterocycles. The first-order chi connectivity index (χ1) is 8.92. The third-order valence-electron chi connectivity index (χ3n) is 3.53. The first-order valence-corrected chi connectivity index (χ1v) is 7.02. The lowest BCUT2D eigenvalue weighted by Crippen LogP contribution is -2.40. The summed E-state index contributed by atoms with van der Waals surface area (Å²) < 4.78 is 1.33. The van der Waals surface area contributed by atoms with Gasteiger partial charge in [-0.1, -0.05) is 18.2 Å². The van der Waals surface area contributed by atoms with Gasteiger partial charge in [0, 0.05) is 40.0 Å². The first-order valence-electron chi connectivity index (χ1n) is 6.14. The number of H-pyrrole nitrogens is 1. The van der Waals surface area contributed by atoms with Crippen molar-refractivity contribution in [3.8, 4) is 11.3 Å². The molecule has 0 bridgehead atoms. The van der Waals surface area contributed by atoms with E-state index in [0.29, 0.717) is 5.92 Å². The van der Waals surface area contributed by atoms with Crippen LogP contribution in [0.3, 0.4) is 0 Å². The highest BCUT2D eigenvalue weighted by Crippen LogP contribution is 2.33. The summed E-state index contributed by atoms with van der Waals surface area (Å²) in [6.07, 6.45) is 1.96. The topological polar surface area (TPSA) is 40.7 Å². The van der Waals surface area contributed by atoms with Gasteiger partial charge in [-0.15, -0.1) is 11.3 Å². The fourth-order valence-corrected chi connectivity index (χ4v) is 3.31. The minimum absolute atomic E-state index is 0.559. The molecular formula is C14H13N3S. The van der Waals surface area contributed by atoms with Crippen LogP contribution in [-0.2, 0) is 0 Å². The van der Waals surface area contributed by atoms with Crippen molar-refractivity contribution in [2.45, 2.75) is 5.92 Å². The van der Waals surface area contributed by atoms with Gasteiger partial charge in [0.15, 0.2) is 0 Å². The van der Waals surface area contributed by atoms with E-state index in [4.69, 9.17) is 0 Å². The predicted molar refractivity (Wildman–Crippen MR) is 75.0 cm³/mol. The van der Waals surface area contributed by atoms with Crippen LogP contribution in [0.25, 0.3) is 21.3 Å². The fourth-order valence-electron chi connectivity index (χ4n) is 2.35. The first kappa shape index (κ1) is 10.3. The molecule has 0 amide bonds. The Kier molecular flexibility index (Phi) is 2.25. The average Bonchev–Trinajstić information content (AvgIpc) is 2.92. The van der Waals surface area contributed by atoms with Crippen LogP contribution >= 0.6 is 11.3 Å². The van der Waals surface area contributed by atoms with Crippen LogP contribution in [0.2, 0.25) is 0 Å². The van der Waals surface area contributed by atoms with Crippen molar-refractivity contribution in [3.63, 3.8) is 0 Å². The molecule has 1 aliphatic heterocycles. The summed E-state index contributed by atoms with van der Waals surface area (Å²) in [6.45, 7) is 2.08. The number of imidazole rings is 1. The number of nitrogens with one attached hydrogen (secondary N) is 2. The lowest BCUT2D eigenvalue weighted by Gasteiger charge is -2.24. The smallest absolute Gasteiger partial charge is 0.112 e. The van der Waals surface area contributed by atoms with Gasteiger partial charge in [-0.3, -0.25) is 0 Å². The highest BCUT2D eigenvalue weighted by Gasteiger charge is 2.22. The van der Waals surface area contributed by atoms with Crippen LogP contribution in [0, 0.1) is 0 Å². The third-order valence-corrected chi connectivity index (χ3v) is 4.50. The lowest BCUT2D eigenvalue weighted by atomic mass is 10.0. The molecule has 4 rings (SSSR count). The largest absolute Gasteiger partial charge is 0.342 e. The highest BCUT2D eigenvalue weighted by molar-refractivity contribution is 7.17. The Balaban J connectivity index is 1.79. The summed E-state index contributed by atoms with van der Waals surface area (Å²) in [5.74, 6) is 1.67. The van der Waals surface area contributed by atoms with Crippen LogP contribution in [0.5, 0.6) is 0 Å². The Labute approximate surface area is 109 Å². The second-order valence-corrected chi connectivity index (χ2v) is 5.59. The molecule has 0 spiro atoms. The van der Waals surface area contributed by atoms with E-state index in [1.54, 1.807) is 11.3 Å². The van der Waals surface area contributed by atoms with Gasteiger partial charge in [0.05, 0.1) is 11.9 Å². The monoisotopic (exact) mass is 255 g/mol. The molecule has 1 fully saturated rings. The van der Waals surface area contributed by atoms with Gasteiger partial charge in [0.1, 0.15) is 5.82 Å². The molecule has 18 heavy (non-hydrogen) atoms. The van der Waals surface area contributed by atoms with Gasteiger partial charge < -0.3 is 10.3 Å². The zero-order valence-electron chi connectivity index (χ0n) is 9.81. The number of fused-ring (bicyclic) bond motifs is 1. The normalized spacial score (nSPS) is 16.0. The van der Waals surface area contributed by atoms with Crippen molar-refractivity contribution in [3.05, 3.63) is 41.7 Å². The van der Waals surface area contributed by atoms with E-state index in [9.17, 15) is 0 Å². The van der Waals surface area contributed by atoms with Gasteiger partial charge in [0.2, 0.25) is 0 Å². The number of benzene rings is 1. The zero-order valence-corrected chi connectivity index (χ0v) is 10.6. The number of aromatic nitrogens is 2. The van der Waals surface area contributed by atoms with Crippen molar-refractivity contribution in [1.82, 2.24) is 15.3 Å². The number of rotatable bonds is 2. The van der Waals surface area contributed by atoms with Crippen LogP contribution in [0.4, 0.5) is 0 Å². The Morgan fingerprint density at radius 1 is 1.22 bits per heavy atom. The zero-order chi connectivity index (χ0) is 11.9. The van der Waals surface area contributed by atoms with Crippen LogP contribution in [-0.4, -0.2) is 23.1 Å². The second-order valence-electron chi connectivity index (χ2n) is 4.68. The summed E-state index contributed by atoms with van der Waals surface area (Å²) in [6, 6.07) is 8.51. The standard InChI is InChI=1S/C14H13N3S/c1-2-4-13-10(3-1)11(8-18-13)12-7-16-14(17-12)9-5-15-6-9/h1-4,7-9,15H,5-6H2,(H,16,17). The highest BCUT2D eigenvalue weighted by atomic mass is 32.1. The minimum atomic E-state index is 0.559. The molecule has 1 saturated heterocycles. The molecule has 0 radical (unpaired) electrons. The van der Waals surface area contributed by atoms with Crippen molar-refractivity contribution in [2.24, 2.45) is 0 Å². The van der Waals surface area contributed by atoms with Crippen LogP contribution in [0.1, 0.15) is 11.7 Å². The van der Waals surface area contributed by atoms with E-state index in [2.05, 4.69) is 44.9 Å². The molecule has 4 heteroatoms. The Bertz CT molecular complexity index is 694. The number of hydrogen-bond donors (Lipinski definition) is 2. The Morgan fingerprint density at radius 3 is 2.94 bits per heavy atom. The van der Waals surface area contributed by atoms with E-state index in [0.717, 1.165) is 24.6 Å². The molecule has 3 heterocycles. The summed E-state index contributed by atoms with van der Waals surface area (Å²) in [4.78, 5) is 7.98. The molecule has 0 unspecified atom stereocenters. The van der Waals surface area contributed by atoms with Crippen molar-refractivity contribution < 1.29 is 0 Å².